The molecule has 1 fully saturated rings. The molecule has 2 heterocycles. The molecule has 5 heteroatoms. The summed E-state index contributed by atoms with van der Waals surface area (Å²) in [7, 11) is 6.36. The van der Waals surface area contributed by atoms with Crippen LogP contribution in [0, 0.1) is 0 Å². The van der Waals surface area contributed by atoms with Crippen molar-refractivity contribution < 1.29 is 0 Å². The third kappa shape index (κ3) is 3.35. The lowest BCUT2D eigenvalue weighted by Gasteiger charge is -2.40. The molecule has 0 amide bonds. The Morgan fingerprint density at radius 1 is 1.37 bits per heavy atom. The zero-order valence-corrected chi connectivity index (χ0v) is 12.6. The number of nitrogens with two attached hydrogens (primary N) is 1. The molecule has 0 aromatic carbocycles. The molecule has 5 nitrogen and oxygen atoms in total. The van der Waals surface area contributed by atoms with Gasteiger partial charge in [0, 0.05) is 50.9 Å². The quantitative estimate of drug-likeness (QED) is 0.839. The van der Waals surface area contributed by atoms with E-state index in [4.69, 9.17) is 5.73 Å². The Balaban J connectivity index is 2.02. The van der Waals surface area contributed by atoms with Crippen LogP contribution < -0.4 is 5.73 Å². The standard InChI is InChI=1S/C14H27N5/c1-5-11-8-12(19(4)16-11)9-13(15)14-10-17(2)6-7-18(14)3/h8,13-14H,5-7,9-10,15H2,1-4H3. The highest BCUT2D eigenvalue weighted by atomic mass is 15.3. The predicted octanol–water partition coefficient (Wildman–Crippen LogP) is 0.0981. The average molecular weight is 265 g/mol. The van der Waals surface area contributed by atoms with Crippen LogP contribution in [-0.2, 0) is 19.9 Å². The van der Waals surface area contributed by atoms with Crippen LogP contribution in [0.5, 0.6) is 0 Å². The molecular weight excluding hydrogens is 238 g/mol. The van der Waals surface area contributed by atoms with E-state index in [0.717, 1.165) is 38.2 Å². The number of nitrogens with zero attached hydrogens (tertiary/aromatic N) is 4. The van der Waals surface area contributed by atoms with E-state index in [0.29, 0.717) is 6.04 Å². The molecule has 108 valence electrons. The van der Waals surface area contributed by atoms with Crippen LogP contribution in [-0.4, -0.2) is 65.4 Å². The molecular formula is C14H27N5. The fourth-order valence-electron chi connectivity index (χ4n) is 2.82. The molecule has 0 bridgehead atoms. The van der Waals surface area contributed by atoms with Gasteiger partial charge in [-0.1, -0.05) is 6.92 Å². The Labute approximate surface area is 116 Å². The predicted molar refractivity (Wildman–Crippen MR) is 78.2 cm³/mol. The van der Waals surface area contributed by atoms with E-state index in [-0.39, 0.29) is 6.04 Å². The molecule has 19 heavy (non-hydrogen) atoms. The Hall–Kier alpha value is -0.910. The smallest absolute Gasteiger partial charge is 0.0624 e. The van der Waals surface area contributed by atoms with Crippen molar-refractivity contribution in [2.45, 2.75) is 31.8 Å². The number of aromatic nitrogens is 2. The van der Waals surface area contributed by atoms with E-state index in [2.05, 4.69) is 42.0 Å². The fraction of sp³-hybridized carbons (Fsp3) is 0.786. The van der Waals surface area contributed by atoms with E-state index < -0.39 is 0 Å². The highest BCUT2D eigenvalue weighted by Crippen LogP contribution is 2.13. The summed E-state index contributed by atoms with van der Waals surface area (Å²) in [4.78, 5) is 4.76. The second-order valence-corrected chi connectivity index (χ2v) is 5.78. The maximum atomic E-state index is 6.44. The lowest BCUT2D eigenvalue weighted by Crippen LogP contribution is -2.58. The molecule has 1 aromatic heterocycles. The average Bonchev–Trinajstić information content (AvgIpc) is 2.73. The van der Waals surface area contributed by atoms with Gasteiger partial charge in [0.25, 0.3) is 0 Å². The van der Waals surface area contributed by atoms with Gasteiger partial charge in [0.05, 0.1) is 5.69 Å². The van der Waals surface area contributed by atoms with Crippen molar-refractivity contribution in [2.75, 3.05) is 33.7 Å². The van der Waals surface area contributed by atoms with Crippen LogP contribution in [0.1, 0.15) is 18.3 Å². The first-order valence-corrected chi connectivity index (χ1v) is 7.17. The Kier molecular flexibility index (Phi) is 4.60. The molecule has 0 spiro atoms. The van der Waals surface area contributed by atoms with Crippen molar-refractivity contribution in [1.29, 1.82) is 0 Å². The van der Waals surface area contributed by atoms with Crippen LogP contribution in [0.2, 0.25) is 0 Å². The molecule has 1 aromatic rings. The van der Waals surface area contributed by atoms with Crippen LogP contribution in [0.25, 0.3) is 0 Å². The monoisotopic (exact) mass is 265 g/mol. The summed E-state index contributed by atoms with van der Waals surface area (Å²) >= 11 is 0. The van der Waals surface area contributed by atoms with Crippen LogP contribution in [0.3, 0.4) is 0 Å². The Morgan fingerprint density at radius 2 is 2.11 bits per heavy atom. The van der Waals surface area contributed by atoms with E-state index in [1.807, 2.05) is 11.7 Å². The van der Waals surface area contributed by atoms with E-state index in [1.54, 1.807) is 0 Å². The number of aryl methyl sites for hydroxylation is 2. The third-order valence-corrected chi connectivity index (χ3v) is 4.23. The van der Waals surface area contributed by atoms with Crippen LogP contribution >= 0.6 is 0 Å². The minimum Gasteiger partial charge on any atom is -0.326 e. The fourth-order valence-corrected chi connectivity index (χ4v) is 2.82. The lowest BCUT2D eigenvalue weighted by atomic mass is 10.00. The molecule has 1 aliphatic heterocycles. The second-order valence-electron chi connectivity index (χ2n) is 5.78. The first-order chi connectivity index (χ1) is 9.01. The highest BCUT2D eigenvalue weighted by molar-refractivity contribution is 5.12. The van der Waals surface area contributed by atoms with Gasteiger partial charge in [-0.2, -0.15) is 5.10 Å². The van der Waals surface area contributed by atoms with Crippen LogP contribution in [0.4, 0.5) is 0 Å². The van der Waals surface area contributed by atoms with Gasteiger partial charge >= 0.3 is 0 Å². The number of likely N-dealkylation sites (N-methyl/N-ethyl adjacent to an activating group) is 2. The molecule has 0 saturated carbocycles. The third-order valence-electron chi connectivity index (χ3n) is 4.23. The van der Waals surface area contributed by atoms with E-state index in [1.165, 1.54) is 5.69 Å². The van der Waals surface area contributed by atoms with Gasteiger partial charge in [0.1, 0.15) is 0 Å². The van der Waals surface area contributed by atoms with Gasteiger partial charge in [0.2, 0.25) is 0 Å². The number of hydrogen-bond donors (Lipinski definition) is 1. The largest absolute Gasteiger partial charge is 0.326 e. The first kappa shape index (κ1) is 14.5. The summed E-state index contributed by atoms with van der Waals surface area (Å²) in [5, 5.41) is 4.50. The highest BCUT2D eigenvalue weighted by Gasteiger charge is 2.28. The maximum absolute atomic E-state index is 6.44. The molecule has 2 rings (SSSR count). The minimum absolute atomic E-state index is 0.160. The van der Waals surface area contributed by atoms with E-state index in [9.17, 15) is 0 Å². The van der Waals surface area contributed by atoms with Crippen molar-refractivity contribution >= 4 is 0 Å². The van der Waals surface area contributed by atoms with Gasteiger partial charge in [-0.25, -0.2) is 0 Å². The minimum atomic E-state index is 0.160. The van der Waals surface area contributed by atoms with Gasteiger partial charge < -0.3 is 10.6 Å². The van der Waals surface area contributed by atoms with Gasteiger partial charge in [-0.15, -0.1) is 0 Å². The van der Waals surface area contributed by atoms with Gasteiger partial charge in [-0.05, 0) is 26.6 Å². The zero-order valence-electron chi connectivity index (χ0n) is 12.6. The second kappa shape index (κ2) is 6.03. The SMILES string of the molecule is CCc1cc(CC(N)C2CN(C)CCN2C)n(C)n1. The number of rotatable bonds is 4. The molecule has 2 atom stereocenters. The van der Waals surface area contributed by atoms with Crippen molar-refractivity contribution in [3.05, 3.63) is 17.5 Å². The Morgan fingerprint density at radius 3 is 2.74 bits per heavy atom. The van der Waals surface area contributed by atoms with Crippen molar-refractivity contribution in [3.63, 3.8) is 0 Å². The molecule has 2 N–H and O–H groups in total. The lowest BCUT2D eigenvalue weighted by molar-refractivity contribution is 0.0969. The van der Waals surface area contributed by atoms with Crippen molar-refractivity contribution in [3.8, 4) is 0 Å². The summed E-state index contributed by atoms with van der Waals surface area (Å²) in [5.41, 5.74) is 8.84. The normalized spacial score (nSPS) is 23.7. The summed E-state index contributed by atoms with van der Waals surface area (Å²) < 4.78 is 1.98. The summed E-state index contributed by atoms with van der Waals surface area (Å²) in [6.07, 6.45) is 1.88. The van der Waals surface area contributed by atoms with E-state index >= 15 is 0 Å². The molecule has 1 saturated heterocycles. The molecule has 1 aliphatic rings. The van der Waals surface area contributed by atoms with Crippen molar-refractivity contribution in [1.82, 2.24) is 19.6 Å². The maximum Gasteiger partial charge on any atom is 0.0624 e. The van der Waals surface area contributed by atoms with Crippen LogP contribution in [0.15, 0.2) is 6.07 Å². The summed E-state index contributed by atoms with van der Waals surface area (Å²) in [5.74, 6) is 0. The molecule has 2 unspecified atom stereocenters. The molecule has 0 aliphatic carbocycles. The van der Waals surface area contributed by atoms with Gasteiger partial charge in [0.15, 0.2) is 0 Å². The summed E-state index contributed by atoms with van der Waals surface area (Å²) in [6, 6.07) is 2.78. The topological polar surface area (TPSA) is 50.3 Å². The Bertz CT molecular complexity index is 414. The first-order valence-electron chi connectivity index (χ1n) is 7.17. The number of piperazine rings is 1. The zero-order chi connectivity index (χ0) is 14.0. The van der Waals surface area contributed by atoms with Crippen molar-refractivity contribution in [2.24, 2.45) is 12.8 Å². The summed E-state index contributed by atoms with van der Waals surface area (Å²) in [6.45, 7) is 5.41. The molecule has 0 radical (unpaired) electrons. The van der Waals surface area contributed by atoms with Gasteiger partial charge in [-0.3, -0.25) is 9.58 Å². The number of hydrogen-bond acceptors (Lipinski definition) is 4.